The van der Waals surface area contributed by atoms with Crippen molar-refractivity contribution in [3.63, 3.8) is 0 Å². The Morgan fingerprint density at radius 3 is 2.70 bits per heavy atom. The molecule has 1 fully saturated rings. The molecule has 1 aliphatic heterocycles. The summed E-state index contributed by atoms with van der Waals surface area (Å²) in [6.07, 6.45) is 1.53. The Kier molecular flexibility index (Phi) is 5.34. The molecule has 0 saturated carbocycles. The van der Waals surface area contributed by atoms with Crippen LogP contribution in [-0.2, 0) is 16.6 Å². The van der Waals surface area contributed by atoms with Crippen molar-refractivity contribution in [1.29, 1.82) is 0 Å². The number of piperazine rings is 1. The number of ether oxygens (including phenoxy) is 1. The number of nitrogens with zero attached hydrogens (tertiary/aromatic N) is 5. The molecule has 0 bridgehead atoms. The first kappa shape index (κ1) is 19.1. The fraction of sp³-hybridized carbons (Fsp3) is 0.579. The lowest BCUT2D eigenvalue weighted by atomic mass is 10.1. The van der Waals surface area contributed by atoms with Crippen LogP contribution >= 0.6 is 0 Å². The van der Waals surface area contributed by atoms with Gasteiger partial charge < -0.3 is 14.5 Å². The number of pyridine rings is 1. The van der Waals surface area contributed by atoms with Crippen molar-refractivity contribution in [3.05, 3.63) is 17.5 Å². The van der Waals surface area contributed by atoms with Crippen LogP contribution in [0, 0.1) is 12.8 Å². The van der Waals surface area contributed by atoms with Crippen LogP contribution in [0.25, 0.3) is 11.0 Å². The maximum atomic E-state index is 12.7. The minimum absolute atomic E-state index is 0.0660. The van der Waals surface area contributed by atoms with Crippen LogP contribution in [0.1, 0.15) is 36.8 Å². The number of hydrogen-bond donors (Lipinski definition) is 0. The molecule has 1 saturated heterocycles. The van der Waals surface area contributed by atoms with Gasteiger partial charge in [-0.25, -0.2) is 9.78 Å². The van der Waals surface area contributed by atoms with Crippen LogP contribution in [0.15, 0.2) is 6.20 Å². The largest absolute Gasteiger partial charge is 0.462 e. The third-order valence-corrected chi connectivity index (χ3v) is 4.72. The average Bonchev–Trinajstić information content (AvgIpc) is 2.90. The van der Waals surface area contributed by atoms with Crippen LogP contribution in [0.2, 0.25) is 0 Å². The number of aromatic nitrogens is 3. The predicted molar refractivity (Wildman–Crippen MR) is 103 cm³/mol. The Morgan fingerprint density at radius 2 is 2.07 bits per heavy atom. The minimum Gasteiger partial charge on any atom is -0.462 e. The summed E-state index contributed by atoms with van der Waals surface area (Å²) in [4.78, 5) is 33.5. The van der Waals surface area contributed by atoms with E-state index in [4.69, 9.17) is 4.74 Å². The number of esters is 1. The second-order valence-corrected chi connectivity index (χ2v) is 7.30. The highest BCUT2D eigenvalue weighted by Crippen LogP contribution is 2.33. The van der Waals surface area contributed by atoms with E-state index in [1.54, 1.807) is 11.6 Å². The molecule has 1 amide bonds. The maximum absolute atomic E-state index is 12.7. The SMILES string of the molecule is CCOC(=O)c1cnc2c(c(C)nn2C)c1N1CCN(CC(C)C)C(=O)C1. The second kappa shape index (κ2) is 7.54. The Hall–Kier alpha value is -2.64. The van der Waals surface area contributed by atoms with Gasteiger partial charge in [-0.1, -0.05) is 13.8 Å². The van der Waals surface area contributed by atoms with Crippen molar-refractivity contribution >= 4 is 28.6 Å². The predicted octanol–water partition coefficient (Wildman–Crippen LogP) is 1.76. The van der Waals surface area contributed by atoms with Crippen LogP contribution in [0.4, 0.5) is 5.69 Å². The van der Waals surface area contributed by atoms with Gasteiger partial charge >= 0.3 is 5.97 Å². The third-order valence-electron chi connectivity index (χ3n) is 4.72. The molecule has 3 heterocycles. The van der Waals surface area contributed by atoms with Gasteiger partial charge in [-0.3, -0.25) is 9.48 Å². The zero-order valence-corrected chi connectivity index (χ0v) is 16.7. The molecule has 3 rings (SSSR count). The number of fused-ring (bicyclic) bond motifs is 1. The number of carbonyl (C=O) groups is 2. The number of aryl methyl sites for hydroxylation is 2. The second-order valence-electron chi connectivity index (χ2n) is 7.30. The molecule has 2 aromatic rings. The van der Waals surface area contributed by atoms with Gasteiger partial charge in [0.1, 0.15) is 5.56 Å². The molecule has 0 unspecified atom stereocenters. The smallest absolute Gasteiger partial charge is 0.341 e. The molecule has 146 valence electrons. The molecule has 1 aliphatic rings. The van der Waals surface area contributed by atoms with Crippen molar-refractivity contribution in [2.24, 2.45) is 13.0 Å². The van der Waals surface area contributed by atoms with Gasteiger partial charge in [0.05, 0.1) is 29.9 Å². The number of carbonyl (C=O) groups excluding carboxylic acids is 2. The summed E-state index contributed by atoms with van der Waals surface area (Å²) in [6.45, 7) is 10.4. The first-order valence-corrected chi connectivity index (χ1v) is 9.35. The van der Waals surface area contributed by atoms with E-state index in [0.717, 1.165) is 17.6 Å². The van der Waals surface area contributed by atoms with E-state index in [9.17, 15) is 9.59 Å². The lowest BCUT2D eigenvalue weighted by Gasteiger charge is -2.37. The van der Waals surface area contributed by atoms with E-state index < -0.39 is 5.97 Å². The minimum atomic E-state index is -0.429. The molecule has 0 N–H and O–H groups in total. The van der Waals surface area contributed by atoms with Crippen molar-refractivity contribution in [3.8, 4) is 0 Å². The van der Waals surface area contributed by atoms with Gasteiger partial charge in [-0.05, 0) is 19.8 Å². The van der Waals surface area contributed by atoms with Gasteiger partial charge in [0.15, 0.2) is 5.65 Å². The Bertz CT molecular complexity index is 874. The van der Waals surface area contributed by atoms with Gasteiger partial charge in [0.25, 0.3) is 0 Å². The number of rotatable bonds is 5. The lowest BCUT2D eigenvalue weighted by Crippen LogP contribution is -2.51. The topological polar surface area (TPSA) is 80.6 Å². The standard InChI is InChI=1S/C19H27N5O3/c1-6-27-19(26)14-9-20-18-16(13(4)21-22(18)5)17(14)24-8-7-23(10-12(2)3)15(25)11-24/h9,12H,6-8,10-11H2,1-5H3. The molecular formula is C19H27N5O3. The fourth-order valence-corrected chi connectivity index (χ4v) is 3.61. The van der Waals surface area contributed by atoms with E-state index >= 15 is 0 Å². The molecule has 8 heteroatoms. The zero-order chi connectivity index (χ0) is 19.7. The van der Waals surface area contributed by atoms with Gasteiger partial charge in [0.2, 0.25) is 5.91 Å². The van der Waals surface area contributed by atoms with Gasteiger partial charge in [0, 0.05) is 32.9 Å². The monoisotopic (exact) mass is 373 g/mol. The van der Waals surface area contributed by atoms with Crippen LogP contribution in [0.5, 0.6) is 0 Å². The molecule has 0 aromatic carbocycles. The van der Waals surface area contributed by atoms with Crippen molar-refractivity contribution in [1.82, 2.24) is 19.7 Å². The highest BCUT2D eigenvalue weighted by Gasteiger charge is 2.30. The highest BCUT2D eigenvalue weighted by molar-refractivity contribution is 6.06. The number of hydrogen-bond acceptors (Lipinski definition) is 6. The normalized spacial score (nSPS) is 15.1. The molecule has 8 nitrogen and oxygen atoms in total. The average molecular weight is 373 g/mol. The summed E-state index contributed by atoms with van der Waals surface area (Å²) in [7, 11) is 1.82. The van der Waals surface area contributed by atoms with E-state index in [2.05, 4.69) is 23.9 Å². The summed E-state index contributed by atoms with van der Waals surface area (Å²) in [6, 6.07) is 0. The first-order valence-electron chi connectivity index (χ1n) is 9.35. The summed E-state index contributed by atoms with van der Waals surface area (Å²) >= 11 is 0. The van der Waals surface area contributed by atoms with E-state index in [1.165, 1.54) is 6.20 Å². The fourth-order valence-electron chi connectivity index (χ4n) is 3.61. The number of amides is 1. The molecule has 0 spiro atoms. The van der Waals surface area contributed by atoms with Crippen molar-refractivity contribution < 1.29 is 14.3 Å². The van der Waals surface area contributed by atoms with Crippen molar-refractivity contribution in [2.45, 2.75) is 27.7 Å². The van der Waals surface area contributed by atoms with Gasteiger partial charge in [-0.2, -0.15) is 5.10 Å². The molecule has 0 aliphatic carbocycles. The Balaban J connectivity index is 2.05. The zero-order valence-electron chi connectivity index (χ0n) is 16.7. The molecule has 2 aromatic heterocycles. The molecule has 0 radical (unpaired) electrons. The van der Waals surface area contributed by atoms with Crippen LogP contribution in [0.3, 0.4) is 0 Å². The maximum Gasteiger partial charge on any atom is 0.341 e. The van der Waals surface area contributed by atoms with Gasteiger partial charge in [-0.15, -0.1) is 0 Å². The summed E-state index contributed by atoms with van der Waals surface area (Å²) < 4.78 is 6.92. The quantitative estimate of drug-likeness (QED) is 0.743. The summed E-state index contributed by atoms with van der Waals surface area (Å²) in [5.74, 6) is 0.0577. The molecule has 0 atom stereocenters. The van der Waals surface area contributed by atoms with E-state index in [0.29, 0.717) is 35.9 Å². The lowest BCUT2D eigenvalue weighted by molar-refractivity contribution is -0.131. The van der Waals surface area contributed by atoms with Crippen LogP contribution in [-0.4, -0.2) is 64.3 Å². The first-order chi connectivity index (χ1) is 12.8. The van der Waals surface area contributed by atoms with Crippen molar-refractivity contribution in [2.75, 3.05) is 37.7 Å². The number of anilines is 1. The Morgan fingerprint density at radius 1 is 1.33 bits per heavy atom. The molecular weight excluding hydrogens is 346 g/mol. The summed E-state index contributed by atoms with van der Waals surface area (Å²) in [5, 5.41) is 5.24. The van der Waals surface area contributed by atoms with E-state index in [-0.39, 0.29) is 19.1 Å². The molecule has 27 heavy (non-hydrogen) atoms. The Labute approximate surface area is 159 Å². The third kappa shape index (κ3) is 3.61. The summed E-state index contributed by atoms with van der Waals surface area (Å²) in [5.41, 5.74) is 2.54. The highest BCUT2D eigenvalue weighted by atomic mass is 16.5. The van der Waals surface area contributed by atoms with E-state index in [1.807, 2.05) is 23.8 Å². The van der Waals surface area contributed by atoms with Crippen LogP contribution < -0.4 is 4.90 Å².